The summed E-state index contributed by atoms with van der Waals surface area (Å²) < 4.78 is 1.69. The van der Waals surface area contributed by atoms with E-state index in [2.05, 4.69) is 24.1 Å². The molecular formula is C18H25N3O2S. The first-order chi connectivity index (χ1) is 11.4. The number of carbonyl (C=O) groups excluding carboxylic acids is 1. The number of thioether (sulfide) groups is 1. The third-order valence-electron chi connectivity index (χ3n) is 3.73. The molecule has 24 heavy (non-hydrogen) atoms. The zero-order valence-electron chi connectivity index (χ0n) is 14.7. The minimum Gasteiger partial charge on any atom is -0.353 e. The maximum Gasteiger partial charge on any atom is 0.262 e. The van der Waals surface area contributed by atoms with Crippen molar-refractivity contribution in [2.75, 3.05) is 5.75 Å². The number of carbonyl (C=O) groups is 1. The molecule has 130 valence electrons. The summed E-state index contributed by atoms with van der Waals surface area (Å²) in [7, 11) is 0. The third-order valence-corrected chi connectivity index (χ3v) is 4.70. The zero-order valence-corrected chi connectivity index (χ0v) is 15.5. The fourth-order valence-electron chi connectivity index (χ4n) is 2.33. The summed E-state index contributed by atoms with van der Waals surface area (Å²) in [4.78, 5) is 29.4. The Morgan fingerprint density at radius 2 is 2.00 bits per heavy atom. The molecule has 0 fully saturated rings. The van der Waals surface area contributed by atoms with Crippen molar-refractivity contribution in [2.24, 2.45) is 5.92 Å². The SMILES string of the molecule is CC[C@@H](C)NC(=O)CSc1nc2ccccc2c(=O)n1CC(C)C. The number of nitrogens with one attached hydrogen (secondary N) is 1. The Morgan fingerprint density at radius 3 is 2.67 bits per heavy atom. The van der Waals surface area contributed by atoms with E-state index in [1.165, 1.54) is 11.8 Å². The molecule has 0 aliphatic heterocycles. The maximum atomic E-state index is 12.8. The second-order valence-electron chi connectivity index (χ2n) is 6.39. The Morgan fingerprint density at radius 1 is 1.29 bits per heavy atom. The summed E-state index contributed by atoms with van der Waals surface area (Å²) in [6.45, 7) is 8.72. The van der Waals surface area contributed by atoms with E-state index in [0.29, 0.717) is 28.5 Å². The van der Waals surface area contributed by atoms with Gasteiger partial charge in [0, 0.05) is 12.6 Å². The number of hydrogen-bond donors (Lipinski definition) is 1. The van der Waals surface area contributed by atoms with Gasteiger partial charge in [-0.2, -0.15) is 0 Å². The first kappa shape index (κ1) is 18.5. The lowest BCUT2D eigenvalue weighted by Gasteiger charge is -2.15. The van der Waals surface area contributed by atoms with Crippen molar-refractivity contribution in [3.63, 3.8) is 0 Å². The van der Waals surface area contributed by atoms with E-state index in [-0.39, 0.29) is 23.3 Å². The van der Waals surface area contributed by atoms with Crippen LogP contribution in [0.4, 0.5) is 0 Å². The van der Waals surface area contributed by atoms with Crippen LogP contribution >= 0.6 is 11.8 Å². The molecule has 0 unspecified atom stereocenters. The van der Waals surface area contributed by atoms with Crippen LogP contribution in [0.15, 0.2) is 34.2 Å². The standard InChI is InChI=1S/C18H25N3O2S/c1-5-13(4)19-16(22)11-24-18-20-15-9-7-6-8-14(15)17(23)21(18)10-12(2)3/h6-9,12-13H,5,10-11H2,1-4H3,(H,19,22)/t13-/m1/s1. The lowest BCUT2D eigenvalue weighted by molar-refractivity contribution is -0.119. The Hall–Kier alpha value is -1.82. The minimum absolute atomic E-state index is 0.0344. The number of aromatic nitrogens is 2. The molecule has 5 nitrogen and oxygen atoms in total. The molecule has 0 saturated heterocycles. The van der Waals surface area contributed by atoms with E-state index in [0.717, 1.165) is 6.42 Å². The summed E-state index contributed by atoms with van der Waals surface area (Å²) >= 11 is 1.32. The molecule has 0 radical (unpaired) electrons. The molecule has 2 aromatic rings. The van der Waals surface area contributed by atoms with Crippen LogP contribution in [0.25, 0.3) is 10.9 Å². The number of nitrogens with zero attached hydrogens (tertiary/aromatic N) is 2. The molecule has 1 heterocycles. The summed E-state index contributed by atoms with van der Waals surface area (Å²) in [5, 5.41) is 4.16. The monoisotopic (exact) mass is 347 g/mol. The molecule has 6 heteroatoms. The van der Waals surface area contributed by atoms with E-state index in [9.17, 15) is 9.59 Å². The van der Waals surface area contributed by atoms with Crippen molar-refractivity contribution in [1.29, 1.82) is 0 Å². The van der Waals surface area contributed by atoms with Gasteiger partial charge >= 0.3 is 0 Å². The van der Waals surface area contributed by atoms with Crippen LogP contribution in [0.5, 0.6) is 0 Å². The fraction of sp³-hybridized carbons (Fsp3) is 0.500. The van der Waals surface area contributed by atoms with Gasteiger partial charge in [-0.25, -0.2) is 4.98 Å². The van der Waals surface area contributed by atoms with Crippen molar-refractivity contribution < 1.29 is 4.79 Å². The topological polar surface area (TPSA) is 64.0 Å². The first-order valence-corrected chi connectivity index (χ1v) is 9.32. The number of fused-ring (bicyclic) bond motifs is 1. The zero-order chi connectivity index (χ0) is 17.7. The molecule has 1 amide bonds. The molecular weight excluding hydrogens is 322 g/mol. The van der Waals surface area contributed by atoms with Gasteiger partial charge in [-0.05, 0) is 31.4 Å². The van der Waals surface area contributed by atoms with Crippen molar-refractivity contribution >= 4 is 28.6 Å². The van der Waals surface area contributed by atoms with Crippen molar-refractivity contribution in [2.45, 2.75) is 51.9 Å². The molecule has 1 N–H and O–H groups in total. The van der Waals surface area contributed by atoms with Crippen LogP contribution < -0.4 is 10.9 Å². The van der Waals surface area contributed by atoms with Crippen LogP contribution in [0.1, 0.15) is 34.1 Å². The van der Waals surface area contributed by atoms with E-state index in [1.54, 1.807) is 10.6 Å². The Bertz CT molecular complexity index is 770. The average molecular weight is 347 g/mol. The Kier molecular flexibility index (Phi) is 6.43. The van der Waals surface area contributed by atoms with E-state index in [4.69, 9.17) is 0 Å². The molecule has 1 aromatic carbocycles. The summed E-state index contributed by atoms with van der Waals surface area (Å²) in [6.07, 6.45) is 0.892. The summed E-state index contributed by atoms with van der Waals surface area (Å²) in [5.74, 6) is 0.541. The van der Waals surface area contributed by atoms with Crippen LogP contribution in [0, 0.1) is 5.92 Å². The average Bonchev–Trinajstić information content (AvgIpc) is 2.55. The lowest BCUT2D eigenvalue weighted by atomic mass is 10.2. The highest BCUT2D eigenvalue weighted by molar-refractivity contribution is 7.99. The molecule has 1 aromatic heterocycles. The highest BCUT2D eigenvalue weighted by Crippen LogP contribution is 2.18. The Labute approximate surface area is 146 Å². The van der Waals surface area contributed by atoms with E-state index >= 15 is 0 Å². The van der Waals surface area contributed by atoms with Crippen LogP contribution in [0.2, 0.25) is 0 Å². The van der Waals surface area contributed by atoms with Gasteiger partial charge in [0.2, 0.25) is 5.91 Å². The quantitative estimate of drug-likeness (QED) is 0.617. The summed E-state index contributed by atoms with van der Waals surface area (Å²) in [6, 6.07) is 7.50. The van der Waals surface area contributed by atoms with Crippen molar-refractivity contribution in [3.8, 4) is 0 Å². The largest absolute Gasteiger partial charge is 0.353 e. The number of para-hydroxylation sites is 1. The smallest absolute Gasteiger partial charge is 0.262 e. The van der Waals surface area contributed by atoms with Crippen molar-refractivity contribution in [1.82, 2.24) is 14.9 Å². The van der Waals surface area contributed by atoms with Crippen molar-refractivity contribution in [3.05, 3.63) is 34.6 Å². The second kappa shape index (κ2) is 8.33. The predicted octanol–water partition coefficient (Wildman–Crippen LogP) is 3.06. The maximum absolute atomic E-state index is 12.8. The van der Waals surface area contributed by atoms with Gasteiger partial charge in [0.25, 0.3) is 5.56 Å². The number of amides is 1. The van der Waals surface area contributed by atoms with Gasteiger partial charge in [-0.1, -0.05) is 44.7 Å². The number of rotatable bonds is 7. The van der Waals surface area contributed by atoms with Gasteiger partial charge in [0.15, 0.2) is 5.16 Å². The van der Waals surface area contributed by atoms with Gasteiger partial charge in [0.05, 0.1) is 16.7 Å². The highest BCUT2D eigenvalue weighted by atomic mass is 32.2. The van der Waals surface area contributed by atoms with Gasteiger partial charge < -0.3 is 5.32 Å². The molecule has 0 bridgehead atoms. The van der Waals surface area contributed by atoms with Gasteiger partial charge in [-0.15, -0.1) is 0 Å². The fourth-order valence-corrected chi connectivity index (χ4v) is 3.15. The van der Waals surface area contributed by atoms with Crippen LogP contribution in [-0.4, -0.2) is 27.3 Å². The molecule has 0 aliphatic rings. The second-order valence-corrected chi connectivity index (χ2v) is 7.33. The van der Waals surface area contributed by atoms with Gasteiger partial charge in [0.1, 0.15) is 0 Å². The first-order valence-electron chi connectivity index (χ1n) is 8.34. The Balaban J connectivity index is 2.30. The highest BCUT2D eigenvalue weighted by Gasteiger charge is 2.14. The molecule has 0 aliphatic carbocycles. The third kappa shape index (κ3) is 4.60. The molecule has 0 spiro atoms. The van der Waals surface area contributed by atoms with E-state index in [1.807, 2.05) is 32.0 Å². The molecule has 2 rings (SSSR count). The number of hydrogen-bond acceptors (Lipinski definition) is 4. The predicted molar refractivity (Wildman–Crippen MR) is 99.5 cm³/mol. The number of benzene rings is 1. The molecule has 0 saturated carbocycles. The lowest BCUT2D eigenvalue weighted by Crippen LogP contribution is -2.33. The van der Waals surface area contributed by atoms with Crippen LogP contribution in [-0.2, 0) is 11.3 Å². The van der Waals surface area contributed by atoms with E-state index < -0.39 is 0 Å². The normalized spacial score (nSPS) is 12.5. The summed E-state index contributed by atoms with van der Waals surface area (Å²) in [5.41, 5.74) is 0.631. The van der Waals surface area contributed by atoms with Gasteiger partial charge in [-0.3, -0.25) is 14.2 Å². The minimum atomic E-state index is -0.0425. The molecule has 1 atom stereocenters. The van der Waals surface area contributed by atoms with Crippen LogP contribution in [0.3, 0.4) is 0 Å².